The van der Waals surface area contributed by atoms with Gasteiger partial charge in [0.15, 0.2) is 6.10 Å². The molecule has 0 saturated carbocycles. The van der Waals surface area contributed by atoms with E-state index in [2.05, 4.69) is 16.1 Å². The number of anilines is 1. The molecule has 1 amide bonds. The molecule has 0 bridgehead atoms. The first-order valence-corrected chi connectivity index (χ1v) is 12.5. The fourth-order valence-corrected chi connectivity index (χ4v) is 5.09. The number of fused-ring (bicyclic) bond motifs is 1. The molecule has 0 fully saturated rings. The fourth-order valence-electron chi connectivity index (χ4n) is 3.81. The summed E-state index contributed by atoms with van der Waals surface area (Å²) in [4.78, 5) is 13.0. The lowest BCUT2D eigenvalue weighted by atomic mass is 9.92. The summed E-state index contributed by atoms with van der Waals surface area (Å²) in [5, 5.41) is 2.78. The van der Waals surface area contributed by atoms with Gasteiger partial charge in [0.25, 0.3) is 5.91 Å². The highest BCUT2D eigenvalue weighted by Gasteiger charge is 2.23. The number of amides is 1. The van der Waals surface area contributed by atoms with Crippen LogP contribution in [0.15, 0.2) is 41.3 Å². The Kier molecular flexibility index (Phi) is 7.79. The second-order valence-electron chi connectivity index (χ2n) is 8.28. The van der Waals surface area contributed by atoms with Crippen LogP contribution in [0.4, 0.5) is 5.69 Å². The molecule has 0 aromatic heterocycles. The summed E-state index contributed by atoms with van der Waals surface area (Å²) >= 11 is 0. The monoisotopic (exact) mass is 460 g/mol. The van der Waals surface area contributed by atoms with Gasteiger partial charge in [0.1, 0.15) is 11.5 Å². The Bertz CT molecular complexity index is 1070. The molecular weight excluding hydrogens is 428 g/mol. The van der Waals surface area contributed by atoms with Gasteiger partial charge < -0.3 is 14.8 Å². The molecule has 0 saturated heterocycles. The highest BCUT2D eigenvalue weighted by atomic mass is 32.2. The number of benzene rings is 2. The molecule has 174 valence electrons. The highest BCUT2D eigenvalue weighted by molar-refractivity contribution is 7.89. The Morgan fingerprint density at radius 2 is 1.78 bits per heavy atom. The second kappa shape index (κ2) is 10.4. The van der Waals surface area contributed by atoms with Crippen molar-refractivity contribution in [2.45, 2.75) is 69.9 Å². The molecule has 2 aromatic rings. The molecule has 0 heterocycles. The third-order valence-corrected chi connectivity index (χ3v) is 7.05. The maximum atomic E-state index is 13.0. The smallest absolute Gasteiger partial charge is 0.265 e. The lowest BCUT2D eigenvalue weighted by Gasteiger charge is -2.21. The van der Waals surface area contributed by atoms with Crippen molar-refractivity contribution in [1.29, 1.82) is 0 Å². The first-order valence-electron chi connectivity index (χ1n) is 11.0. The van der Waals surface area contributed by atoms with Gasteiger partial charge in [-0.1, -0.05) is 13.0 Å². The van der Waals surface area contributed by atoms with E-state index in [1.165, 1.54) is 49.3 Å². The van der Waals surface area contributed by atoms with E-state index >= 15 is 0 Å². The van der Waals surface area contributed by atoms with E-state index in [-0.39, 0.29) is 22.5 Å². The molecule has 0 aliphatic heterocycles. The molecule has 1 aliphatic carbocycles. The average Bonchev–Trinajstić information content (AvgIpc) is 2.76. The molecular formula is C24H32N2O5S. The number of rotatable bonds is 9. The van der Waals surface area contributed by atoms with Crippen molar-refractivity contribution in [2.24, 2.45) is 0 Å². The number of ether oxygens (including phenoxy) is 2. The van der Waals surface area contributed by atoms with Crippen molar-refractivity contribution in [3.63, 3.8) is 0 Å². The predicted molar refractivity (Wildman–Crippen MR) is 125 cm³/mol. The van der Waals surface area contributed by atoms with Crippen molar-refractivity contribution in [3.05, 3.63) is 47.5 Å². The van der Waals surface area contributed by atoms with Crippen molar-refractivity contribution in [1.82, 2.24) is 4.72 Å². The minimum absolute atomic E-state index is 0.0472. The first kappa shape index (κ1) is 24.1. The van der Waals surface area contributed by atoms with E-state index < -0.39 is 16.1 Å². The summed E-state index contributed by atoms with van der Waals surface area (Å²) in [6.07, 6.45) is 4.21. The number of aryl methyl sites for hydroxylation is 2. The van der Waals surface area contributed by atoms with E-state index in [0.29, 0.717) is 17.9 Å². The molecule has 8 heteroatoms. The van der Waals surface area contributed by atoms with Gasteiger partial charge in [-0.05, 0) is 87.4 Å². The summed E-state index contributed by atoms with van der Waals surface area (Å²) < 4.78 is 38.9. The quantitative estimate of drug-likeness (QED) is 0.589. The first-order chi connectivity index (χ1) is 15.2. The summed E-state index contributed by atoms with van der Waals surface area (Å²) in [7, 11) is -2.25. The van der Waals surface area contributed by atoms with E-state index in [9.17, 15) is 13.2 Å². The zero-order valence-electron chi connectivity index (χ0n) is 19.1. The Hall–Kier alpha value is -2.58. The third kappa shape index (κ3) is 5.81. The van der Waals surface area contributed by atoms with E-state index in [1.807, 2.05) is 19.1 Å². The maximum absolute atomic E-state index is 13.0. The lowest BCUT2D eigenvalue weighted by Crippen LogP contribution is -2.33. The van der Waals surface area contributed by atoms with Crippen molar-refractivity contribution < 1.29 is 22.7 Å². The fraction of sp³-hybridized carbons (Fsp3) is 0.458. The topological polar surface area (TPSA) is 93.7 Å². The molecule has 0 unspecified atom stereocenters. The van der Waals surface area contributed by atoms with Gasteiger partial charge in [0, 0.05) is 6.04 Å². The molecule has 2 N–H and O–H groups in total. The van der Waals surface area contributed by atoms with Crippen LogP contribution in [0.1, 0.15) is 51.2 Å². The van der Waals surface area contributed by atoms with Gasteiger partial charge in [0.05, 0.1) is 17.7 Å². The van der Waals surface area contributed by atoms with Crippen LogP contribution in [0.3, 0.4) is 0 Å². The second-order valence-corrected chi connectivity index (χ2v) is 9.99. The van der Waals surface area contributed by atoms with Crippen molar-refractivity contribution in [2.75, 3.05) is 12.4 Å². The SMILES string of the molecule is CC[C@@H](Oc1ccc2c(c1)CCCC2)C(=O)Nc1cc(S(=O)(=O)NC(C)C)ccc1OC. The standard InChI is InChI=1S/C24H32N2O5S/c1-5-22(31-19-11-10-17-8-6-7-9-18(17)14-19)24(27)25-21-15-20(12-13-23(21)30-4)32(28,29)26-16(2)3/h10-16,22,26H,5-9H2,1-4H3,(H,25,27)/t22-/m1/s1. The Morgan fingerprint density at radius 3 is 2.44 bits per heavy atom. The number of hydrogen-bond acceptors (Lipinski definition) is 5. The van der Waals surface area contributed by atoms with Gasteiger partial charge in [-0.2, -0.15) is 0 Å². The zero-order chi connectivity index (χ0) is 23.3. The zero-order valence-corrected chi connectivity index (χ0v) is 19.9. The van der Waals surface area contributed by atoms with Crippen molar-refractivity contribution >= 4 is 21.6 Å². The van der Waals surface area contributed by atoms with Crippen LogP contribution in [0, 0.1) is 0 Å². The Morgan fingerprint density at radius 1 is 1.06 bits per heavy atom. The molecule has 2 aromatic carbocycles. The van der Waals surface area contributed by atoms with E-state index in [0.717, 1.165) is 12.8 Å². The Balaban J connectivity index is 1.79. The summed E-state index contributed by atoms with van der Waals surface area (Å²) in [5.41, 5.74) is 2.90. The summed E-state index contributed by atoms with van der Waals surface area (Å²) in [6.45, 7) is 5.36. The van der Waals surface area contributed by atoms with Crippen LogP contribution in [0.25, 0.3) is 0 Å². The molecule has 0 spiro atoms. The largest absolute Gasteiger partial charge is 0.495 e. The van der Waals surface area contributed by atoms with Gasteiger partial charge in [-0.15, -0.1) is 0 Å². The van der Waals surface area contributed by atoms with Crippen LogP contribution in [0.2, 0.25) is 0 Å². The molecule has 3 rings (SSSR count). The van der Waals surface area contributed by atoms with Gasteiger partial charge >= 0.3 is 0 Å². The van der Waals surface area contributed by atoms with E-state index in [1.54, 1.807) is 13.8 Å². The minimum atomic E-state index is -3.71. The van der Waals surface area contributed by atoms with Crippen LogP contribution >= 0.6 is 0 Å². The normalized spacial score (nSPS) is 14.5. The van der Waals surface area contributed by atoms with Crippen LogP contribution in [-0.4, -0.2) is 33.6 Å². The molecule has 7 nitrogen and oxygen atoms in total. The average molecular weight is 461 g/mol. The molecule has 1 aliphatic rings. The van der Waals surface area contributed by atoms with Crippen LogP contribution < -0.4 is 19.5 Å². The number of carbonyl (C=O) groups is 1. The minimum Gasteiger partial charge on any atom is -0.495 e. The lowest BCUT2D eigenvalue weighted by molar-refractivity contribution is -0.122. The highest BCUT2D eigenvalue weighted by Crippen LogP contribution is 2.29. The number of methoxy groups -OCH3 is 1. The van der Waals surface area contributed by atoms with Crippen LogP contribution in [0.5, 0.6) is 11.5 Å². The molecule has 32 heavy (non-hydrogen) atoms. The molecule has 1 atom stereocenters. The summed E-state index contributed by atoms with van der Waals surface area (Å²) in [5.74, 6) is 0.664. The van der Waals surface area contributed by atoms with Gasteiger partial charge in [-0.25, -0.2) is 13.1 Å². The predicted octanol–water partition coefficient (Wildman–Crippen LogP) is 4.06. The summed E-state index contributed by atoms with van der Waals surface area (Å²) in [6, 6.07) is 10.1. The third-order valence-electron chi connectivity index (χ3n) is 5.39. The Labute approximate surface area is 190 Å². The maximum Gasteiger partial charge on any atom is 0.265 e. The number of hydrogen-bond donors (Lipinski definition) is 2. The van der Waals surface area contributed by atoms with E-state index in [4.69, 9.17) is 9.47 Å². The molecule has 0 radical (unpaired) electrons. The number of sulfonamides is 1. The van der Waals surface area contributed by atoms with Crippen molar-refractivity contribution in [3.8, 4) is 11.5 Å². The van der Waals surface area contributed by atoms with Gasteiger partial charge in [0.2, 0.25) is 10.0 Å². The number of carbonyl (C=O) groups excluding carboxylic acids is 1. The van der Waals surface area contributed by atoms with Gasteiger partial charge in [-0.3, -0.25) is 4.79 Å². The van der Waals surface area contributed by atoms with Crippen LogP contribution in [-0.2, 0) is 27.7 Å². The number of nitrogens with one attached hydrogen (secondary N) is 2.